The molecule has 1 heterocycles. The van der Waals surface area contributed by atoms with E-state index in [1.807, 2.05) is 18.2 Å². The molecule has 0 radical (unpaired) electrons. The number of nitrogens with zero attached hydrogens (tertiary/aromatic N) is 2. The molecule has 1 saturated heterocycles. The largest absolute Gasteiger partial charge is 0.493 e. The number of aliphatic imine (C=N–C) groups is 1. The molecule has 2 atom stereocenters. The number of nitrogens with two attached hydrogens (primary N) is 1. The zero-order valence-electron chi connectivity index (χ0n) is 17.0. The SMILES string of the molecule is COc1ccc(CCNC(N)=NCCCN2CC(C)OC(C)C2)cc1OC. The van der Waals surface area contributed by atoms with Gasteiger partial charge in [-0.2, -0.15) is 0 Å². The summed E-state index contributed by atoms with van der Waals surface area (Å²) in [6.07, 6.45) is 2.44. The number of rotatable bonds is 9. The van der Waals surface area contributed by atoms with Gasteiger partial charge in [-0.05, 0) is 44.4 Å². The maximum absolute atomic E-state index is 5.96. The Bertz CT molecular complexity index is 599. The van der Waals surface area contributed by atoms with Gasteiger partial charge in [0.05, 0.1) is 26.4 Å². The lowest BCUT2D eigenvalue weighted by Gasteiger charge is -2.35. The van der Waals surface area contributed by atoms with E-state index in [0.29, 0.717) is 18.2 Å². The van der Waals surface area contributed by atoms with Crippen molar-refractivity contribution in [2.75, 3.05) is 46.9 Å². The molecular weight excluding hydrogens is 344 g/mol. The van der Waals surface area contributed by atoms with Gasteiger partial charge in [0, 0.05) is 32.7 Å². The Morgan fingerprint density at radius 2 is 1.93 bits per heavy atom. The van der Waals surface area contributed by atoms with Gasteiger partial charge in [-0.25, -0.2) is 0 Å². The normalized spacial score (nSPS) is 21.1. The van der Waals surface area contributed by atoms with Gasteiger partial charge in [0.2, 0.25) is 0 Å². The molecule has 3 N–H and O–H groups in total. The number of hydrogen-bond donors (Lipinski definition) is 2. The first-order valence-electron chi connectivity index (χ1n) is 9.64. The van der Waals surface area contributed by atoms with Gasteiger partial charge in [0.1, 0.15) is 0 Å². The molecular formula is C20H34N4O3. The van der Waals surface area contributed by atoms with E-state index in [9.17, 15) is 0 Å². The molecule has 7 heteroatoms. The minimum atomic E-state index is 0.306. The molecule has 0 aliphatic carbocycles. The lowest BCUT2D eigenvalue weighted by atomic mass is 10.1. The highest BCUT2D eigenvalue weighted by molar-refractivity contribution is 5.77. The third kappa shape index (κ3) is 7.27. The van der Waals surface area contributed by atoms with Crippen molar-refractivity contribution in [1.29, 1.82) is 0 Å². The van der Waals surface area contributed by atoms with Gasteiger partial charge in [-0.15, -0.1) is 0 Å². The van der Waals surface area contributed by atoms with Crippen LogP contribution in [0.3, 0.4) is 0 Å². The number of ether oxygens (including phenoxy) is 3. The summed E-state index contributed by atoms with van der Waals surface area (Å²) in [5.74, 6) is 1.97. The molecule has 1 aromatic rings. The molecule has 1 aliphatic heterocycles. The van der Waals surface area contributed by atoms with Crippen LogP contribution in [0.5, 0.6) is 11.5 Å². The van der Waals surface area contributed by atoms with E-state index >= 15 is 0 Å². The summed E-state index contributed by atoms with van der Waals surface area (Å²) in [6, 6.07) is 5.93. The van der Waals surface area contributed by atoms with Crippen LogP contribution in [0.1, 0.15) is 25.8 Å². The van der Waals surface area contributed by atoms with Crippen LogP contribution < -0.4 is 20.5 Å². The summed E-state index contributed by atoms with van der Waals surface area (Å²) < 4.78 is 16.3. The van der Waals surface area contributed by atoms with Crippen LogP contribution in [0, 0.1) is 0 Å². The Hall–Kier alpha value is -1.99. The fraction of sp³-hybridized carbons (Fsp3) is 0.650. The lowest BCUT2D eigenvalue weighted by molar-refractivity contribution is -0.0679. The molecule has 0 bridgehead atoms. The average Bonchev–Trinajstić information content (AvgIpc) is 2.64. The molecule has 7 nitrogen and oxygen atoms in total. The first-order valence-corrected chi connectivity index (χ1v) is 9.64. The van der Waals surface area contributed by atoms with Gasteiger partial charge in [0.25, 0.3) is 0 Å². The maximum Gasteiger partial charge on any atom is 0.188 e. The summed E-state index contributed by atoms with van der Waals surface area (Å²) in [7, 11) is 3.28. The van der Waals surface area contributed by atoms with Crippen molar-refractivity contribution in [1.82, 2.24) is 10.2 Å². The Kier molecular flexibility index (Phi) is 8.67. The van der Waals surface area contributed by atoms with Gasteiger partial charge in [-0.3, -0.25) is 9.89 Å². The van der Waals surface area contributed by atoms with E-state index in [1.54, 1.807) is 14.2 Å². The molecule has 2 unspecified atom stereocenters. The first-order chi connectivity index (χ1) is 13.0. The predicted octanol–water partition coefficient (Wildman–Crippen LogP) is 1.65. The minimum Gasteiger partial charge on any atom is -0.493 e. The second-order valence-corrected chi connectivity index (χ2v) is 7.00. The summed E-state index contributed by atoms with van der Waals surface area (Å²) >= 11 is 0. The number of methoxy groups -OCH3 is 2. The lowest BCUT2D eigenvalue weighted by Crippen LogP contribution is -2.45. The Morgan fingerprint density at radius 1 is 1.22 bits per heavy atom. The second kappa shape index (κ2) is 11.0. The highest BCUT2D eigenvalue weighted by Crippen LogP contribution is 2.27. The molecule has 27 heavy (non-hydrogen) atoms. The van der Waals surface area contributed by atoms with Gasteiger partial charge in [-0.1, -0.05) is 6.07 Å². The summed E-state index contributed by atoms with van der Waals surface area (Å²) in [5.41, 5.74) is 7.12. The van der Waals surface area contributed by atoms with Crippen molar-refractivity contribution in [3.05, 3.63) is 23.8 Å². The van der Waals surface area contributed by atoms with E-state index in [2.05, 4.69) is 29.1 Å². The molecule has 152 valence electrons. The maximum atomic E-state index is 5.96. The van der Waals surface area contributed by atoms with E-state index in [-0.39, 0.29) is 0 Å². The third-order valence-electron chi connectivity index (χ3n) is 4.58. The van der Waals surface area contributed by atoms with Gasteiger partial charge >= 0.3 is 0 Å². The third-order valence-corrected chi connectivity index (χ3v) is 4.58. The van der Waals surface area contributed by atoms with Crippen molar-refractivity contribution in [3.63, 3.8) is 0 Å². The zero-order valence-corrected chi connectivity index (χ0v) is 17.0. The standard InChI is InChI=1S/C20H34N4O3/c1-15-13-24(14-16(2)27-15)11-5-9-22-20(21)23-10-8-17-6-7-18(25-3)19(12-17)26-4/h6-7,12,15-16H,5,8-11,13-14H2,1-4H3,(H3,21,22,23). The monoisotopic (exact) mass is 378 g/mol. The van der Waals surface area contributed by atoms with Crippen molar-refractivity contribution < 1.29 is 14.2 Å². The van der Waals surface area contributed by atoms with Crippen LogP contribution in [0.15, 0.2) is 23.2 Å². The van der Waals surface area contributed by atoms with Crippen molar-refractivity contribution in [3.8, 4) is 11.5 Å². The quantitative estimate of drug-likeness (QED) is 0.386. The number of benzene rings is 1. The number of nitrogens with one attached hydrogen (secondary N) is 1. The number of guanidine groups is 1. The van der Waals surface area contributed by atoms with Crippen molar-refractivity contribution in [2.45, 2.75) is 38.9 Å². The Morgan fingerprint density at radius 3 is 2.59 bits per heavy atom. The van der Waals surface area contributed by atoms with E-state index in [0.717, 1.165) is 62.6 Å². The molecule has 2 rings (SSSR count). The fourth-order valence-electron chi connectivity index (χ4n) is 3.39. The zero-order chi connectivity index (χ0) is 19.6. The van der Waals surface area contributed by atoms with Crippen LogP contribution >= 0.6 is 0 Å². The fourth-order valence-corrected chi connectivity index (χ4v) is 3.39. The molecule has 0 spiro atoms. The minimum absolute atomic E-state index is 0.306. The van der Waals surface area contributed by atoms with Crippen LogP contribution in [-0.2, 0) is 11.2 Å². The molecule has 1 aromatic carbocycles. The Balaban J connectivity index is 1.66. The highest BCUT2D eigenvalue weighted by atomic mass is 16.5. The summed E-state index contributed by atoms with van der Waals surface area (Å²) in [6.45, 7) is 8.72. The summed E-state index contributed by atoms with van der Waals surface area (Å²) in [4.78, 5) is 6.86. The molecule has 1 fully saturated rings. The van der Waals surface area contributed by atoms with Crippen LogP contribution in [0.2, 0.25) is 0 Å². The Labute approximate surface area is 162 Å². The van der Waals surface area contributed by atoms with E-state index in [4.69, 9.17) is 19.9 Å². The average molecular weight is 379 g/mol. The van der Waals surface area contributed by atoms with Crippen LogP contribution in [0.25, 0.3) is 0 Å². The molecule has 0 aromatic heterocycles. The first kappa shape index (κ1) is 21.3. The van der Waals surface area contributed by atoms with Crippen molar-refractivity contribution in [2.24, 2.45) is 10.7 Å². The second-order valence-electron chi connectivity index (χ2n) is 7.00. The molecule has 1 aliphatic rings. The number of morpholine rings is 1. The van der Waals surface area contributed by atoms with E-state index < -0.39 is 0 Å². The van der Waals surface area contributed by atoms with Crippen molar-refractivity contribution >= 4 is 5.96 Å². The summed E-state index contributed by atoms with van der Waals surface area (Å²) in [5, 5.41) is 3.17. The highest BCUT2D eigenvalue weighted by Gasteiger charge is 2.21. The van der Waals surface area contributed by atoms with Crippen LogP contribution in [0.4, 0.5) is 0 Å². The van der Waals surface area contributed by atoms with Crippen LogP contribution in [-0.4, -0.2) is 70.0 Å². The van der Waals surface area contributed by atoms with E-state index in [1.165, 1.54) is 0 Å². The smallest absolute Gasteiger partial charge is 0.188 e. The predicted molar refractivity (Wildman–Crippen MR) is 109 cm³/mol. The topological polar surface area (TPSA) is 81.3 Å². The number of hydrogen-bond acceptors (Lipinski definition) is 5. The molecule has 0 amide bonds. The van der Waals surface area contributed by atoms with Gasteiger partial charge in [0.15, 0.2) is 17.5 Å². The van der Waals surface area contributed by atoms with Gasteiger partial charge < -0.3 is 25.3 Å². The molecule has 0 saturated carbocycles.